The summed E-state index contributed by atoms with van der Waals surface area (Å²) in [6.45, 7) is 0. The summed E-state index contributed by atoms with van der Waals surface area (Å²) in [5, 5.41) is 0. The minimum atomic E-state index is -0.401. The lowest BCUT2D eigenvalue weighted by molar-refractivity contribution is -0.114. The first-order valence-electron chi connectivity index (χ1n) is 3.79. The Bertz CT molecular complexity index is 302. The standard InChI is InChI=1S/C9H9NO2/c10-9(11)7-5-12-8-4-2-1-3-6(7)8/h1-6,8H,(H2,10,11). The van der Waals surface area contributed by atoms with Gasteiger partial charge in [-0.3, -0.25) is 4.79 Å². The summed E-state index contributed by atoms with van der Waals surface area (Å²) in [4.78, 5) is 10.9. The summed E-state index contributed by atoms with van der Waals surface area (Å²) in [6, 6.07) is 0. The summed E-state index contributed by atoms with van der Waals surface area (Å²) in [5.41, 5.74) is 5.72. The van der Waals surface area contributed by atoms with Gasteiger partial charge < -0.3 is 10.5 Å². The van der Waals surface area contributed by atoms with E-state index in [1.54, 1.807) is 0 Å². The number of hydrogen-bond donors (Lipinski definition) is 1. The summed E-state index contributed by atoms with van der Waals surface area (Å²) < 4.78 is 5.23. The predicted octanol–water partition coefficient (Wildman–Crippen LogP) is 0.497. The van der Waals surface area contributed by atoms with E-state index < -0.39 is 5.91 Å². The summed E-state index contributed by atoms with van der Waals surface area (Å²) in [7, 11) is 0. The lowest BCUT2D eigenvalue weighted by Crippen LogP contribution is -2.23. The molecule has 0 fully saturated rings. The Morgan fingerprint density at radius 2 is 2.17 bits per heavy atom. The van der Waals surface area contributed by atoms with Crippen LogP contribution in [0.1, 0.15) is 0 Å². The quantitative estimate of drug-likeness (QED) is 0.611. The minimum Gasteiger partial charge on any atom is -0.492 e. The van der Waals surface area contributed by atoms with Crippen molar-refractivity contribution in [3.8, 4) is 0 Å². The number of nitrogens with two attached hydrogens (primary N) is 1. The van der Waals surface area contributed by atoms with E-state index in [2.05, 4.69) is 0 Å². The fraction of sp³-hybridized carbons (Fsp3) is 0.222. The Labute approximate surface area is 70.2 Å². The first kappa shape index (κ1) is 7.16. The molecular weight excluding hydrogens is 154 g/mol. The largest absolute Gasteiger partial charge is 0.492 e. The van der Waals surface area contributed by atoms with E-state index in [9.17, 15) is 4.79 Å². The number of fused-ring (bicyclic) bond motifs is 1. The van der Waals surface area contributed by atoms with Gasteiger partial charge in [-0.05, 0) is 6.08 Å². The number of amides is 1. The third-order valence-electron chi connectivity index (χ3n) is 2.08. The van der Waals surface area contributed by atoms with E-state index >= 15 is 0 Å². The van der Waals surface area contributed by atoms with E-state index in [0.717, 1.165) is 0 Å². The molecular formula is C9H9NO2. The van der Waals surface area contributed by atoms with Gasteiger partial charge in [0.25, 0.3) is 0 Å². The van der Waals surface area contributed by atoms with Crippen molar-refractivity contribution in [2.24, 2.45) is 11.7 Å². The minimum absolute atomic E-state index is 0.0208. The van der Waals surface area contributed by atoms with Crippen LogP contribution in [0.25, 0.3) is 0 Å². The average Bonchev–Trinajstić information content (AvgIpc) is 2.47. The molecule has 0 aromatic heterocycles. The van der Waals surface area contributed by atoms with E-state index in [0.29, 0.717) is 5.57 Å². The van der Waals surface area contributed by atoms with Gasteiger partial charge in [-0.15, -0.1) is 0 Å². The molecule has 0 spiro atoms. The lowest BCUT2D eigenvalue weighted by Gasteiger charge is -2.15. The molecule has 1 aliphatic carbocycles. The second-order valence-corrected chi connectivity index (χ2v) is 2.83. The van der Waals surface area contributed by atoms with Crippen molar-refractivity contribution in [3.63, 3.8) is 0 Å². The molecule has 2 aliphatic rings. The molecule has 3 heteroatoms. The average molecular weight is 163 g/mol. The zero-order chi connectivity index (χ0) is 8.55. The first-order valence-corrected chi connectivity index (χ1v) is 3.79. The molecule has 2 rings (SSSR count). The Morgan fingerprint density at radius 3 is 2.92 bits per heavy atom. The molecule has 0 aromatic carbocycles. The topological polar surface area (TPSA) is 52.3 Å². The van der Waals surface area contributed by atoms with Crippen molar-refractivity contribution in [2.45, 2.75) is 6.10 Å². The fourth-order valence-corrected chi connectivity index (χ4v) is 1.45. The highest BCUT2D eigenvalue weighted by molar-refractivity contribution is 5.93. The van der Waals surface area contributed by atoms with Gasteiger partial charge in [0, 0.05) is 0 Å². The van der Waals surface area contributed by atoms with E-state index in [1.807, 2.05) is 24.3 Å². The molecule has 2 atom stereocenters. The van der Waals surface area contributed by atoms with Crippen LogP contribution >= 0.6 is 0 Å². The third kappa shape index (κ3) is 0.942. The van der Waals surface area contributed by atoms with Gasteiger partial charge in [-0.2, -0.15) is 0 Å². The second-order valence-electron chi connectivity index (χ2n) is 2.83. The zero-order valence-electron chi connectivity index (χ0n) is 6.44. The highest BCUT2D eigenvalue weighted by Crippen LogP contribution is 2.29. The van der Waals surface area contributed by atoms with Gasteiger partial charge in [-0.25, -0.2) is 0 Å². The fourth-order valence-electron chi connectivity index (χ4n) is 1.45. The van der Waals surface area contributed by atoms with Crippen molar-refractivity contribution in [1.82, 2.24) is 0 Å². The van der Waals surface area contributed by atoms with Crippen molar-refractivity contribution >= 4 is 5.91 Å². The van der Waals surface area contributed by atoms with Crippen LogP contribution in [-0.4, -0.2) is 12.0 Å². The van der Waals surface area contributed by atoms with Crippen LogP contribution in [0, 0.1) is 5.92 Å². The van der Waals surface area contributed by atoms with Crippen LogP contribution in [0.5, 0.6) is 0 Å². The van der Waals surface area contributed by atoms with Gasteiger partial charge >= 0.3 is 0 Å². The highest BCUT2D eigenvalue weighted by Gasteiger charge is 2.31. The molecule has 0 radical (unpaired) electrons. The second kappa shape index (κ2) is 2.52. The number of ether oxygens (including phenoxy) is 1. The molecule has 1 heterocycles. The number of primary amides is 1. The van der Waals surface area contributed by atoms with Gasteiger partial charge in [0.1, 0.15) is 6.10 Å². The molecule has 12 heavy (non-hydrogen) atoms. The molecule has 3 nitrogen and oxygen atoms in total. The summed E-state index contributed by atoms with van der Waals surface area (Å²) in [6.07, 6.45) is 9.06. The molecule has 62 valence electrons. The molecule has 0 saturated carbocycles. The van der Waals surface area contributed by atoms with Crippen molar-refractivity contribution in [3.05, 3.63) is 36.1 Å². The molecule has 2 unspecified atom stereocenters. The molecule has 1 aliphatic heterocycles. The van der Waals surface area contributed by atoms with Crippen LogP contribution in [0.2, 0.25) is 0 Å². The van der Waals surface area contributed by atoms with Gasteiger partial charge in [-0.1, -0.05) is 18.2 Å². The number of hydrogen-bond acceptors (Lipinski definition) is 2. The predicted molar refractivity (Wildman–Crippen MR) is 43.9 cm³/mol. The Morgan fingerprint density at radius 1 is 1.42 bits per heavy atom. The van der Waals surface area contributed by atoms with Crippen LogP contribution in [0.4, 0.5) is 0 Å². The highest BCUT2D eigenvalue weighted by atomic mass is 16.5. The SMILES string of the molecule is NC(=O)C1=COC2C=CC=CC12. The Balaban J connectivity index is 2.26. The lowest BCUT2D eigenvalue weighted by atomic mass is 9.92. The molecule has 0 bridgehead atoms. The number of allylic oxidation sites excluding steroid dienone is 2. The monoisotopic (exact) mass is 163 g/mol. The normalized spacial score (nSPS) is 30.8. The zero-order valence-corrected chi connectivity index (χ0v) is 6.44. The molecule has 0 aromatic rings. The number of carbonyl (C=O) groups is 1. The van der Waals surface area contributed by atoms with Crippen LogP contribution in [0.3, 0.4) is 0 Å². The van der Waals surface area contributed by atoms with Crippen LogP contribution < -0.4 is 5.73 Å². The molecule has 0 saturated heterocycles. The molecule has 2 N–H and O–H groups in total. The van der Waals surface area contributed by atoms with Gasteiger partial charge in [0.05, 0.1) is 17.8 Å². The maximum atomic E-state index is 10.9. The smallest absolute Gasteiger partial charge is 0.248 e. The maximum absolute atomic E-state index is 10.9. The van der Waals surface area contributed by atoms with E-state index in [-0.39, 0.29) is 12.0 Å². The van der Waals surface area contributed by atoms with Crippen molar-refractivity contribution in [1.29, 1.82) is 0 Å². The number of rotatable bonds is 1. The van der Waals surface area contributed by atoms with Gasteiger partial charge in [0.2, 0.25) is 5.91 Å². The van der Waals surface area contributed by atoms with E-state index in [4.69, 9.17) is 10.5 Å². The number of carbonyl (C=O) groups excluding carboxylic acids is 1. The maximum Gasteiger partial charge on any atom is 0.248 e. The van der Waals surface area contributed by atoms with Crippen molar-refractivity contribution < 1.29 is 9.53 Å². The molecule has 1 amide bonds. The van der Waals surface area contributed by atoms with Gasteiger partial charge in [0.15, 0.2) is 0 Å². The summed E-state index contributed by atoms with van der Waals surface area (Å²) in [5.74, 6) is -0.380. The Hall–Kier alpha value is -1.51. The Kier molecular flexibility index (Phi) is 1.50. The van der Waals surface area contributed by atoms with Crippen LogP contribution in [0.15, 0.2) is 36.1 Å². The van der Waals surface area contributed by atoms with E-state index in [1.165, 1.54) is 6.26 Å². The third-order valence-corrected chi connectivity index (χ3v) is 2.08. The summed E-state index contributed by atoms with van der Waals surface area (Å²) >= 11 is 0. The van der Waals surface area contributed by atoms with Crippen LogP contribution in [-0.2, 0) is 9.53 Å². The first-order chi connectivity index (χ1) is 5.79. The van der Waals surface area contributed by atoms with Crippen molar-refractivity contribution in [2.75, 3.05) is 0 Å².